The molecular formula is C29H25FN4O3. The van der Waals surface area contributed by atoms with E-state index in [9.17, 15) is 14.3 Å². The highest BCUT2D eigenvalue weighted by molar-refractivity contribution is 6.21. The molecule has 0 saturated carbocycles. The first-order valence-electron chi connectivity index (χ1n) is 11.8. The van der Waals surface area contributed by atoms with Crippen LogP contribution in [0.5, 0.6) is 5.88 Å². The van der Waals surface area contributed by atoms with Crippen molar-refractivity contribution in [3.05, 3.63) is 114 Å². The van der Waals surface area contributed by atoms with E-state index in [4.69, 9.17) is 9.73 Å². The fraction of sp³-hybridized carbons (Fsp3) is 0.138. The summed E-state index contributed by atoms with van der Waals surface area (Å²) in [5.74, 6) is -0.792. The Morgan fingerprint density at radius 3 is 2.70 bits per heavy atom. The molecule has 3 aromatic carbocycles. The highest BCUT2D eigenvalue weighted by Crippen LogP contribution is 2.32. The van der Waals surface area contributed by atoms with Gasteiger partial charge in [0, 0.05) is 36.3 Å². The quantitative estimate of drug-likeness (QED) is 0.218. The van der Waals surface area contributed by atoms with E-state index in [1.165, 1.54) is 19.2 Å². The zero-order valence-corrected chi connectivity index (χ0v) is 20.2. The molecule has 2 heterocycles. The summed E-state index contributed by atoms with van der Waals surface area (Å²) in [6.07, 6.45) is 6.16. The summed E-state index contributed by atoms with van der Waals surface area (Å²) in [4.78, 5) is 23.5. The van der Waals surface area contributed by atoms with Crippen molar-refractivity contribution in [2.45, 2.75) is 19.4 Å². The largest absolute Gasteiger partial charge is 0.494 e. The Morgan fingerprint density at radius 1 is 1.11 bits per heavy atom. The lowest BCUT2D eigenvalue weighted by Gasteiger charge is -2.10. The highest BCUT2D eigenvalue weighted by Gasteiger charge is 2.19. The van der Waals surface area contributed by atoms with Crippen LogP contribution in [0.3, 0.4) is 0 Å². The lowest BCUT2D eigenvalue weighted by atomic mass is 9.97. The minimum absolute atomic E-state index is 0.101. The van der Waals surface area contributed by atoms with Gasteiger partial charge in [-0.1, -0.05) is 30.3 Å². The van der Waals surface area contributed by atoms with Crippen LogP contribution in [-0.4, -0.2) is 38.4 Å². The summed E-state index contributed by atoms with van der Waals surface area (Å²) in [5, 5.41) is 11.5. The molecule has 2 aromatic heterocycles. The van der Waals surface area contributed by atoms with Crippen molar-refractivity contribution in [2.75, 3.05) is 7.11 Å². The van der Waals surface area contributed by atoms with E-state index < -0.39 is 5.82 Å². The van der Waals surface area contributed by atoms with Crippen LogP contribution >= 0.6 is 0 Å². The van der Waals surface area contributed by atoms with Crippen LogP contribution in [0.1, 0.15) is 28.7 Å². The van der Waals surface area contributed by atoms with Crippen LogP contribution in [0, 0.1) is 5.82 Å². The number of benzene rings is 3. The third-order valence-corrected chi connectivity index (χ3v) is 6.13. The average Bonchev–Trinajstić information content (AvgIpc) is 3.53. The Balaban J connectivity index is 1.57. The fourth-order valence-corrected chi connectivity index (χ4v) is 4.28. The molecule has 37 heavy (non-hydrogen) atoms. The summed E-state index contributed by atoms with van der Waals surface area (Å²) in [6.45, 7) is 0.688. The second-order valence-corrected chi connectivity index (χ2v) is 8.68. The van der Waals surface area contributed by atoms with E-state index in [0.717, 1.165) is 16.7 Å². The molecule has 0 bridgehead atoms. The van der Waals surface area contributed by atoms with Gasteiger partial charge in [-0.15, -0.1) is 0 Å². The highest BCUT2D eigenvalue weighted by atomic mass is 19.1. The molecule has 0 spiro atoms. The minimum atomic E-state index is -0.405. The number of methoxy groups -OCH3 is 1. The van der Waals surface area contributed by atoms with Crippen molar-refractivity contribution >= 4 is 28.3 Å². The topological polar surface area (TPSA) is 92.5 Å². The Morgan fingerprint density at radius 2 is 1.95 bits per heavy atom. The number of esters is 1. The van der Waals surface area contributed by atoms with E-state index in [1.807, 2.05) is 59.3 Å². The molecule has 7 nitrogen and oxygen atoms in total. The zero-order chi connectivity index (χ0) is 25.8. The second kappa shape index (κ2) is 10.5. The molecule has 2 N–H and O–H groups in total. The molecule has 0 aliphatic heterocycles. The van der Waals surface area contributed by atoms with Gasteiger partial charge in [-0.3, -0.25) is 4.79 Å². The number of hydrogen-bond acceptors (Lipinski definition) is 5. The number of H-pyrrole nitrogens is 1. The number of aromatic hydroxyl groups is 1. The van der Waals surface area contributed by atoms with Gasteiger partial charge in [0.25, 0.3) is 0 Å². The molecule has 5 aromatic rings. The maximum atomic E-state index is 13.9. The predicted molar refractivity (Wildman–Crippen MR) is 140 cm³/mol. The van der Waals surface area contributed by atoms with Crippen LogP contribution in [0.25, 0.3) is 10.9 Å². The number of carbonyl (C=O) groups excluding carboxylic acids is 1. The van der Waals surface area contributed by atoms with E-state index in [-0.39, 0.29) is 18.3 Å². The van der Waals surface area contributed by atoms with Gasteiger partial charge in [0.15, 0.2) is 5.88 Å². The first-order valence-corrected chi connectivity index (χ1v) is 11.8. The third-order valence-electron chi connectivity index (χ3n) is 6.13. The number of nitrogens with one attached hydrogen (secondary N) is 1. The molecule has 186 valence electrons. The van der Waals surface area contributed by atoms with Crippen molar-refractivity contribution < 1.29 is 19.0 Å². The Labute approximate surface area is 212 Å². The first kappa shape index (κ1) is 24.0. The van der Waals surface area contributed by atoms with Crippen LogP contribution < -0.4 is 0 Å². The molecule has 0 unspecified atom stereocenters. The van der Waals surface area contributed by atoms with Gasteiger partial charge < -0.3 is 19.4 Å². The van der Waals surface area contributed by atoms with Crippen LogP contribution in [0.4, 0.5) is 10.1 Å². The van der Waals surface area contributed by atoms with E-state index in [1.54, 1.807) is 18.6 Å². The molecule has 0 saturated heterocycles. The maximum Gasteiger partial charge on any atom is 0.305 e. The number of aromatic amines is 1. The number of imidazole rings is 1. The first-order chi connectivity index (χ1) is 18.0. The number of aryl methyl sites for hydroxylation is 1. The van der Waals surface area contributed by atoms with Gasteiger partial charge >= 0.3 is 5.97 Å². The second-order valence-electron chi connectivity index (χ2n) is 8.68. The summed E-state index contributed by atoms with van der Waals surface area (Å²) >= 11 is 0. The standard InChI is InChI=1S/C29H25FN4O3/c1-37-26(35)12-7-19-3-2-4-21(15-19)28(27-24-11-8-22(30)16-25(24)33-29(27)36)32-23-9-5-20(6-10-23)17-34-14-13-31-18-34/h2-6,8-11,13-16,18,33,36H,7,12,17H2,1H3. The molecule has 0 aliphatic rings. The Kier molecular flexibility index (Phi) is 6.81. The van der Waals surface area contributed by atoms with Crippen molar-refractivity contribution in [3.8, 4) is 5.88 Å². The Bertz CT molecular complexity index is 1570. The van der Waals surface area contributed by atoms with E-state index in [0.29, 0.717) is 40.8 Å². The minimum Gasteiger partial charge on any atom is -0.494 e. The number of fused-ring (bicyclic) bond motifs is 1. The van der Waals surface area contributed by atoms with Crippen molar-refractivity contribution in [1.29, 1.82) is 0 Å². The lowest BCUT2D eigenvalue weighted by molar-refractivity contribution is -0.140. The fourth-order valence-electron chi connectivity index (χ4n) is 4.28. The molecule has 0 aliphatic carbocycles. The van der Waals surface area contributed by atoms with Gasteiger partial charge in [0.1, 0.15) is 5.82 Å². The van der Waals surface area contributed by atoms with Gasteiger partial charge in [0.2, 0.25) is 0 Å². The van der Waals surface area contributed by atoms with Crippen molar-refractivity contribution in [3.63, 3.8) is 0 Å². The summed E-state index contributed by atoms with van der Waals surface area (Å²) in [6, 6.07) is 19.8. The summed E-state index contributed by atoms with van der Waals surface area (Å²) < 4.78 is 20.6. The smallest absolute Gasteiger partial charge is 0.305 e. The van der Waals surface area contributed by atoms with Crippen LogP contribution in [0.15, 0.2) is 90.4 Å². The van der Waals surface area contributed by atoms with Crippen LogP contribution in [-0.2, 0) is 22.5 Å². The van der Waals surface area contributed by atoms with Crippen LogP contribution in [0.2, 0.25) is 0 Å². The Hall–Kier alpha value is -4.72. The normalized spacial score (nSPS) is 11.7. The number of aliphatic imine (C=N–C) groups is 1. The lowest BCUT2D eigenvalue weighted by Crippen LogP contribution is -2.05. The van der Waals surface area contributed by atoms with E-state index in [2.05, 4.69) is 9.97 Å². The van der Waals surface area contributed by atoms with Crippen molar-refractivity contribution in [2.24, 2.45) is 4.99 Å². The number of nitrogens with zero attached hydrogens (tertiary/aromatic N) is 3. The average molecular weight is 497 g/mol. The zero-order valence-electron chi connectivity index (χ0n) is 20.2. The molecule has 0 amide bonds. The summed E-state index contributed by atoms with van der Waals surface area (Å²) in [7, 11) is 1.37. The number of aromatic nitrogens is 3. The SMILES string of the molecule is COC(=O)CCc1cccc(C(=Nc2ccc(Cn3ccnc3)cc2)c2c(O)[nH]c3cc(F)ccc23)c1. The molecule has 0 fully saturated rings. The molecular weight excluding hydrogens is 471 g/mol. The number of ether oxygens (including phenoxy) is 1. The van der Waals surface area contributed by atoms with E-state index >= 15 is 0 Å². The number of halogens is 1. The number of carbonyl (C=O) groups is 1. The summed E-state index contributed by atoms with van der Waals surface area (Å²) in [5.41, 5.74) is 4.94. The van der Waals surface area contributed by atoms with Gasteiger partial charge in [-0.2, -0.15) is 0 Å². The van der Waals surface area contributed by atoms with Gasteiger partial charge in [0.05, 0.1) is 35.9 Å². The molecule has 5 rings (SSSR count). The van der Waals surface area contributed by atoms with Crippen molar-refractivity contribution in [1.82, 2.24) is 14.5 Å². The predicted octanol–water partition coefficient (Wildman–Crippen LogP) is 5.53. The maximum absolute atomic E-state index is 13.9. The van der Waals surface area contributed by atoms with Gasteiger partial charge in [-0.05, 0) is 53.9 Å². The molecule has 0 atom stereocenters. The molecule has 0 radical (unpaired) electrons. The monoisotopic (exact) mass is 496 g/mol. The molecule has 8 heteroatoms. The number of hydrogen-bond donors (Lipinski definition) is 2. The van der Waals surface area contributed by atoms with Gasteiger partial charge in [-0.25, -0.2) is 14.4 Å². The third kappa shape index (κ3) is 5.43. The number of rotatable bonds is 8.